The highest BCUT2D eigenvalue weighted by molar-refractivity contribution is 5.89. The van der Waals surface area contributed by atoms with Gasteiger partial charge in [0, 0.05) is 23.8 Å². The fourth-order valence-electron chi connectivity index (χ4n) is 1.96. The summed E-state index contributed by atoms with van der Waals surface area (Å²) in [7, 11) is 0. The molecule has 0 saturated carbocycles. The van der Waals surface area contributed by atoms with Crippen LogP contribution in [0.4, 0.5) is 0 Å². The van der Waals surface area contributed by atoms with Gasteiger partial charge in [0.25, 0.3) is 0 Å². The Labute approximate surface area is 109 Å². The Morgan fingerprint density at radius 2 is 2.17 bits per heavy atom. The van der Waals surface area contributed by atoms with Gasteiger partial charge in [-0.05, 0) is 30.0 Å². The highest BCUT2D eigenvalue weighted by Gasteiger charge is 1.96. The molecule has 0 radical (unpaired) electrons. The first-order chi connectivity index (χ1) is 8.77. The molecule has 18 heavy (non-hydrogen) atoms. The van der Waals surface area contributed by atoms with E-state index < -0.39 is 0 Å². The highest BCUT2D eigenvalue weighted by Crippen LogP contribution is 2.18. The van der Waals surface area contributed by atoms with E-state index in [0.717, 1.165) is 13.0 Å². The molecule has 1 heterocycles. The van der Waals surface area contributed by atoms with E-state index >= 15 is 0 Å². The van der Waals surface area contributed by atoms with Crippen molar-refractivity contribution >= 4 is 16.8 Å². The van der Waals surface area contributed by atoms with Crippen molar-refractivity contribution in [2.45, 2.75) is 26.3 Å². The summed E-state index contributed by atoms with van der Waals surface area (Å²) in [6.07, 6.45) is 9.24. The lowest BCUT2D eigenvalue weighted by atomic mass is 10.1. The molecule has 0 aliphatic carbocycles. The third-order valence-electron chi connectivity index (χ3n) is 2.88. The van der Waals surface area contributed by atoms with E-state index in [0.29, 0.717) is 6.04 Å². The van der Waals surface area contributed by atoms with Crippen LogP contribution in [-0.2, 0) is 0 Å². The summed E-state index contributed by atoms with van der Waals surface area (Å²) in [5.74, 6) is 0. The Morgan fingerprint density at radius 3 is 3.00 bits per heavy atom. The largest absolute Gasteiger partial charge is 0.314 e. The summed E-state index contributed by atoms with van der Waals surface area (Å²) in [4.78, 5) is 4.15. The van der Waals surface area contributed by atoms with E-state index in [1.54, 1.807) is 0 Å². The molecule has 0 bridgehead atoms. The Kier molecular flexibility index (Phi) is 4.48. The van der Waals surface area contributed by atoms with E-state index in [1.807, 2.05) is 12.4 Å². The topological polar surface area (TPSA) is 24.9 Å². The molecule has 2 aromatic rings. The molecule has 1 aromatic heterocycles. The van der Waals surface area contributed by atoms with Crippen LogP contribution < -0.4 is 5.32 Å². The minimum absolute atomic E-state index is 0.557. The van der Waals surface area contributed by atoms with Gasteiger partial charge >= 0.3 is 0 Å². The van der Waals surface area contributed by atoms with E-state index in [1.165, 1.54) is 16.3 Å². The van der Waals surface area contributed by atoms with Gasteiger partial charge in [-0.1, -0.05) is 44.2 Å². The second-order valence-corrected chi connectivity index (χ2v) is 4.74. The molecule has 0 aliphatic heterocycles. The summed E-state index contributed by atoms with van der Waals surface area (Å²) >= 11 is 0. The second kappa shape index (κ2) is 6.31. The maximum atomic E-state index is 4.15. The van der Waals surface area contributed by atoms with E-state index in [9.17, 15) is 0 Å². The summed E-state index contributed by atoms with van der Waals surface area (Å²) in [5, 5.41) is 5.87. The van der Waals surface area contributed by atoms with Gasteiger partial charge in [0.15, 0.2) is 0 Å². The second-order valence-electron chi connectivity index (χ2n) is 4.74. The van der Waals surface area contributed by atoms with Crippen molar-refractivity contribution < 1.29 is 0 Å². The van der Waals surface area contributed by atoms with Gasteiger partial charge in [0.2, 0.25) is 0 Å². The van der Waals surface area contributed by atoms with Crippen molar-refractivity contribution in [3.8, 4) is 0 Å². The molecule has 94 valence electrons. The van der Waals surface area contributed by atoms with Crippen molar-refractivity contribution in [2.75, 3.05) is 6.54 Å². The van der Waals surface area contributed by atoms with Gasteiger partial charge in [0.1, 0.15) is 0 Å². The summed E-state index contributed by atoms with van der Waals surface area (Å²) in [5.41, 5.74) is 1.26. The van der Waals surface area contributed by atoms with Crippen LogP contribution in [0.25, 0.3) is 16.8 Å². The molecule has 0 unspecified atom stereocenters. The molecule has 1 aromatic carbocycles. The maximum Gasteiger partial charge on any atom is 0.0346 e. The quantitative estimate of drug-likeness (QED) is 0.807. The monoisotopic (exact) mass is 240 g/mol. The van der Waals surface area contributed by atoms with Gasteiger partial charge in [-0.2, -0.15) is 0 Å². The van der Waals surface area contributed by atoms with Crippen LogP contribution in [0, 0.1) is 0 Å². The molecule has 2 nitrogen and oxygen atoms in total. The predicted octanol–water partition coefficient (Wildman–Crippen LogP) is 3.64. The van der Waals surface area contributed by atoms with Crippen molar-refractivity contribution in [2.24, 2.45) is 0 Å². The lowest BCUT2D eigenvalue weighted by Gasteiger charge is -2.05. The zero-order valence-electron chi connectivity index (χ0n) is 11.1. The van der Waals surface area contributed by atoms with E-state index in [4.69, 9.17) is 0 Å². The molecule has 0 saturated heterocycles. The number of nitrogens with one attached hydrogen (secondary N) is 1. The average molecular weight is 240 g/mol. The predicted molar refractivity (Wildman–Crippen MR) is 78.5 cm³/mol. The van der Waals surface area contributed by atoms with Crippen molar-refractivity contribution in [1.82, 2.24) is 10.3 Å². The summed E-state index contributed by atoms with van der Waals surface area (Å²) in [6, 6.07) is 8.95. The average Bonchev–Trinajstić information content (AvgIpc) is 2.38. The Hall–Kier alpha value is -1.67. The van der Waals surface area contributed by atoms with Gasteiger partial charge < -0.3 is 5.32 Å². The van der Waals surface area contributed by atoms with Crippen LogP contribution in [0.5, 0.6) is 0 Å². The number of benzene rings is 1. The van der Waals surface area contributed by atoms with Crippen LogP contribution in [0.15, 0.2) is 42.7 Å². The lowest BCUT2D eigenvalue weighted by Crippen LogP contribution is -2.23. The van der Waals surface area contributed by atoms with Crippen LogP contribution in [0.2, 0.25) is 0 Å². The molecular formula is C16H20N2. The molecule has 0 fully saturated rings. The van der Waals surface area contributed by atoms with Crippen molar-refractivity contribution in [3.05, 3.63) is 48.3 Å². The Bertz CT molecular complexity index is 524. The SMILES string of the molecule is CC(C)NCCC=Cc1cccc2cnccc12. The minimum Gasteiger partial charge on any atom is -0.314 e. The Morgan fingerprint density at radius 1 is 1.28 bits per heavy atom. The molecule has 0 spiro atoms. The molecule has 2 rings (SSSR count). The first kappa shape index (κ1) is 12.8. The van der Waals surface area contributed by atoms with Crippen LogP contribution in [-0.4, -0.2) is 17.6 Å². The number of hydrogen-bond donors (Lipinski definition) is 1. The fraction of sp³-hybridized carbons (Fsp3) is 0.312. The summed E-state index contributed by atoms with van der Waals surface area (Å²) in [6.45, 7) is 5.36. The van der Waals surface area contributed by atoms with E-state index in [2.05, 4.69) is 60.6 Å². The number of nitrogens with zero attached hydrogens (tertiary/aromatic N) is 1. The van der Waals surface area contributed by atoms with Gasteiger partial charge in [0.05, 0.1) is 0 Å². The van der Waals surface area contributed by atoms with Gasteiger partial charge in [-0.25, -0.2) is 0 Å². The van der Waals surface area contributed by atoms with Crippen LogP contribution >= 0.6 is 0 Å². The molecule has 0 amide bonds. The van der Waals surface area contributed by atoms with E-state index in [-0.39, 0.29) is 0 Å². The van der Waals surface area contributed by atoms with Crippen LogP contribution in [0.1, 0.15) is 25.8 Å². The highest BCUT2D eigenvalue weighted by atomic mass is 14.9. The number of aromatic nitrogens is 1. The third-order valence-corrected chi connectivity index (χ3v) is 2.88. The van der Waals surface area contributed by atoms with Crippen molar-refractivity contribution in [3.63, 3.8) is 0 Å². The zero-order valence-corrected chi connectivity index (χ0v) is 11.1. The smallest absolute Gasteiger partial charge is 0.0346 e. The zero-order chi connectivity index (χ0) is 12.8. The molecular weight excluding hydrogens is 220 g/mol. The normalized spacial score (nSPS) is 11.7. The van der Waals surface area contributed by atoms with Crippen LogP contribution in [0.3, 0.4) is 0 Å². The molecule has 2 heteroatoms. The standard InChI is InChI=1S/C16H20N2/c1-13(2)18-10-4-3-6-14-7-5-8-15-12-17-11-9-16(14)15/h3,5-9,11-13,18H,4,10H2,1-2H3. The maximum absolute atomic E-state index is 4.15. The minimum atomic E-state index is 0.557. The van der Waals surface area contributed by atoms with Gasteiger partial charge in [-0.3, -0.25) is 4.98 Å². The number of pyridine rings is 1. The third kappa shape index (κ3) is 3.41. The molecule has 0 atom stereocenters. The summed E-state index contributed by atoms with van der Waals surface area (Å²) < 4.78 is 0. The number of rotatable bonds is 5. The van der Waals surface area contributed by atoms with Gasteiger partial charge in [-0.15, -0.1) is 0 Å². The van der Waals surface area contributed by atoms with Crippen molar-refractivity contribution in [1.29, 1.82) is 0 Å². The first-order valence-corrected chi connectivity index (χ1v) is 6.50. The molecule has 1 N–H and O–H groups in total. The number of hydrogen-bond acceptors (Lipinski definition) is 2. The molecule has 0 aliphatic rings. The Balaban J connectivity index is 2.05. The number of fused-ring (bicyclic) bond motifs is 1. The lowest BCUT2D eigenvalue weighted by molar-refractivity contribution is 0.595. The first-order valence-electron chi connectivity index (χ1n) is 6.50. The fourth-order valence-corrected chi connectivity index (χ4v) is 1.96.